The Hall–Kier alpha value is -2.98. The van der Waals surface area contributed by atoms with Crippen molar-refractivity contribution in [1.82, 2.24) is 4.90 Å². The molecule has 0 aliphatic carbocycles. The number of hydrogen-bond acceptors (Lipinski definition) is 2. The molecule has 1 amide bonds. The SMILES string of the molecule is O=C(C(c1ccccc1)c1ccccc1)N1CCN(c2ccc(Cl)cc2Cl)C(c2ccc(Cl)cc2)C1. The Kier molecular flexibility index (Phi) is 7.52. The van der Waals surface area contributed by atoms with Crippen LogP contribution in [0.4, 0.5) is 5.69 Å². The number of carbonyl (C=O) groups excluding carboxylic acids is 1. The van der Waals surface area contributed by atoms with Crippen molar-refractivity contribution in [3.63, 3.8) is 0 Å². The number of hydrogen-bond donors (Lipinski definition) is 0. The molecule has 5 rings (SSSR count). The smallest absolute Gasteiger partial charge is 0.234 e. The van der Waals surface area contributed by atoms with Gasteiger partial charge in [0.1, 0.15) is 0 Å². The molecular formula is C30H25Cl3N2O. The Morgan fingerprint density at radius 2 is 1.31 bits per heavy atom. The van der Waals surface area contributed by atoms with Crippen molar-refractivity contribution in [2.24, 2.45) is 0 Å². The first kappa shape index (κ1) is 24.7. The monoisotopic (exact) mass is 534 g/mol. The summed E-state index contributed by atoms with van der Waals surface area (Å²) in [6.07, 6.45) is 0. The summed E-state index contributed by atoms with van der Waals surface area (Å²) in [5, 5.41) is 1.86. The normalized spacial score (nSPS) is 15.8. The topological polar surface area (TPSA) is 23.6 Å². The Morgan fingerprint density at radius 3 is 1.89 bits per heavy atom. The van der Waals surface area contributed by atoms with Crippen molar-refractivity contribution in [3.05, 3.63) is 135 Å². The van der Waals surface area contributed by atoms with Gasteiger partial charge in [-0.15, -0.1) is 0 Å². The third-order valence-corrected chi connectivity index (χ3v) is 7.47. The zero-order valence-corrected chi connectivity index (χ0v) is 21.8. The van der Waals surface area contributed by atoms with Crippen LogP contribution >= 0.6 is 34.8 Å². The second-order valence-electron chi connectivity index (χ2n) is 8.90. The van der Waals surface area contributed by atoms with Crippen molar-refractivity contribution >= 4 is 46.4 Å². The summed E-state index contributed by atoms with van der Waals surface area (Å²) in [4.78, 5) is 18.4. The molecule has 0 radical (unpaired) electrons. The van der Waals surface area contributed by atoms with E-state index in [9.17, 15) is 4.79 Å². The number of anilines is 1. The summed E-state index contributed by atoms with van der Waals surface area (Å²) >= 11 is 19.0. The summed E-state index contributed by atoms with van der Waals surface area (Å²) in [7, 11) is 0. The maximum absolute atomic E-state index is 14.1. The van der Waals surface area contributed by atoms with Gasteiger partial charge in [-0.1, -0.05) is 108 Å². The Bertz CT molecular complexity index is 1290. The maximum atomic E-state index is 14.1. The van der Waals surface area contributed by atoms with Crippen LogP contribution in [0.3, 0.4) is 0 Å². The molecule has 36 heavy (non-hydrogen) atoms. The van der Waals surface area contributed by atoms with E-state index in [0.29, 0.717) is 34.7 Å². The van der Waals surface area contributed by atoms with E-state index < -0.39 is 0 Å². The van der Waals surface area contributed by atoms with Gasteiger partial charge in [-0.3, -0.25) is 4.79 Å². The molecule has 6 heteroatoms. The maximum Gasteiger partial charge on any atom is 0.234 e. The van der Waals surface area contributed by atoms with Crippen molar-refractivity contribution in [2.75, 3.05) is 24.5 Å². The lowest BCUT2D eigenvalue weighted by molar-refractivity contribution is -0.132. The number of carbonyl (C=O) groups is 1. The molecule has 1 unspecified atom stereocenters. The highest BCUT2D eigenvalue weighted by Crippen LogP contribution is 2.38. The number of halogens is 3. The van der Waals surface area contributed by atoms with Crippen LogP contribution in [0.15, 0.2) is 103 Å². The van der Waals surface area contributed by atoms with Gasteiger partial charge in [0.05, 0.1) is 22.7 Å². The number of rotatable bonds is 5. The summed E-state index contributed by atoms with van der Waals surface area (Å²) in [5.74, 6) is -0.280. The van der Waals surface area contributed by atoms with E-state index in [4.69, 9.17) is 34.8 Å². The quantitative estimate of drug-likeness (QED) is 0.260. The van der Waals surface area contributed by atoms with Gasteiger partial charge in [-0.2, -0.15) is 0 Å². The van der Waals surface area contributed by atoms with Crippen molar-refractivity contribution in [2.45, 2.75) is 12.0 Å². The molecular weight excluding hydrogens is 511 g/mol. The zero-order chi connectivity index (χ0) is 25.1. The highest BCUT2D eigenvalue weighted by Gasteiger charge is 2.35. The minimum Gasteiger partial charge on any atom is -0.360 e. The molecule has 182 valence electrons. The zero-order valence-electron chi connectivity index (χ0n) is 19.5. The van der Waals surface area contributed by atoms with Gasteiger partial charge in [0, 0.05) is 29.7 Å². The molecule has 4 aromatic rings. The number of amides is 1. The minimum absolute atomic E-state index is 0.0909. The molecule has 1 saturated heterocycles. The largest absolute Gasteiger partial charge is 0.360 e. The fourth-order valence-electron chi connectivity index (χ4n) is 4.91. The van der Waals surface area contributed by atoms with Crippen LogP contribution in [0.5, 0.6) is 0 Å². The Balaban J connectivity index is 1.50. The fraction of sp³-hybridized carbons (Fsp3) is 0.167. The molecule has 4 aromatic carbocycles. The molecule has 0 N–H and O–H groups in total. The van der Waals surface area contributed by atoms with Gasteiger partial charge in [-0.25, -0.2) is 0 Å². The fourth-order valence-corrected chi connectivity index (χ4v) is 5.55. The average Bonchev–Trinajstić information content (AvgIpc) is 2.90. The van der Waals surface area contributed by atoms with E-state index >= 15 is 0 Å². The van der Waals surface area contributed by atoms with Crippen molar-refractivity contribution in [1.29, 1.82) is 0 Å². The van der Waals surface area contributed by atoms with Crippen molar-refractivity contribution in [3.8, 4) is 0 Å². The predicted octanol–water partition coefficient (Wildman–Crippen LogP) is 7.87. The first-order valence-electron chi connectivity index (χ1n) is 11.9. The Labute approximate surface area is 226 Å². The van der Waals surface area contributed by atoms with Gasteiger partial charge in [0.2, 0.25) is 5.91 Å². The molecule has 3 nitrogen and oxygen atoms in total. The molecule has 1 aliphatic rings. The molecule has 0 saturated carbocycles. The highest BCUT2D eigenvalue weighted by atomic mass is 35.5. The second-order valence-corrected chi connectivity index (χ2v) is 10.2. The lowest BCUT2D eigenvalue weighted by atomic mass is 9.89. The van der Waals surface area contributed by atoms with Gasteiger partial charge in [0.15, 0.2) is 0 Å². The molecule has 1 atom stereocenters. The van der Waals surface area contributed by atoms with Crippen LogP contribution in [-0.2, 0) is 4.79 Å². The van der Waals surface area contributed by atoms with Crippen LogP contribution in [0.25, 0.3) is 0 Å². The van der Waals surface area contributed by atoms with E-state index in [1.807, 2.05) is 102 Å². The van der Waals surface area contributed by atoms with E-state index in [1.165, 1.54) is 0 Å². The van der Waals surface area contributed by atoms with Crippen LogP contribution in [0, 0.1) is 0 Å². The van der Waals surface area contributed by atoms with Gasteiger partial charge >= 0.3 is 0 Å². The van der Waals surface area contributed by atoms with Gasteiger partial charge in [0.25, 0.3) is 0 Å². The first-order valence-corrected chi connectivity index (χ1v) is 13.0. The third kappa shape index (κ3) is 5.24. The molecule has 1 heterocycles. The molecule has 0 aromatic heterocycles. The van der Waals surface area contributed by atoms with E-state index in [-0.39, 0.29) is 17.9 Å². The van der Waals surface area contributed by atoms with Crippen LogP contribution in [0.2, 0.25) is 15.1 Å². The summed E-state index contributed by atoms with van der Waals surface area (Å²) in [6.45, 7) is 1.74. The third-order valence-electron chi connectivity index (χ3n) is 6.68. The van der Waals surface area contributed by atoms with E-state index in [0.717, 1.165) is 22.4 Å². The highest BCUT2D eigenvalue weighted by molar-refractivity contribution is 6.36. The number of nitrogens with zero attached hydrogens (tertiary/aromatic N) is 2. The minimum atomic E-state index is -0.371. The van der Waals surface area contributed by atoms with E-state index in [1.54, 1.807) is 6.07 Å². The van der Waals surface area contributed by atoms with Crippen molar-refractivity contribution < 1.29 is 4.79 Å². The van der Waals surface area contributed by atoms with E-state index in [2.05, 4.69) is 4.90 Å². The predicted molar refractivity (Wildman–Crippen MR) is 149 cm³/mol. The molecule has 1 fully saturated rings. The molecule has 0 bridgehead atoms. The van der Waals surface area contributed by atoms with Crippen LogP contribution in [0.1, 0.15) is 28.7 Å². The second kappa shape index (κ2) is 11.0. The van der Waals surface area contributed by atoms with Gasteiger partial charge in [-0.05, 0) is 47.0 Å². The first-order chi connectivity index (χ1) is 17.5. The van der Waals surface area contributed by atoms with Crippen LogP contribution < -0.4 is 4.90 Å². The lowest BCUT2D eigenvalue weighted by Crippen LogP contribution is -2.52. The average molecular weight is 536 g/mol. The molecule has 0 spiro atoms. The summed E-state index contributed by atoms with van der Waals surface area (Å²) in [5.41, 5.74) is 3.94. The van der Waals surface area contributed by atoms with Gasteiger partial charge < -0.3 is 9.80 Å². The Morgan fingerprint density at radius 1 is 0.722 bits per heavy atom. The van der Waals surface area contributed by atoms with Crippen LogP contribution in [-0.4, -0.2) is 30.4 Å². The molecule has 1 aliphatic heterocycles. The number of piperazine rings is 1. The number of benzene rings is 4. The standard InChI is InChI=1S/C30H25Cl3N2O/c31-24-13-11-21(12-14-24)28-20-34(17-18-35(28)27-16-15-25(32)19-26(27)33)30(36)29(22-7-3-1-4-8-22)23-9-5-2-6-10-23/h1-16,19,28-29H,17-18,20H2. The summed E-state index contributed by atoms with van der Waals surface area (Å²) < 4.78 is 0. The lowest BCUT2D eigenvalue weighted by Gasteiger charge is -2.44. The summed E-state index contributed by atoms with van der Waals surface area (Å²) in [6, 6.07) is 33.2.